The lowest BCUT2D eigenvalue weighted by molar-refractivity contribution is -0.134. The monoisotopic (exact) mass is 419 g/mol. The number of amides is 4. The highest BCUT2D eigenvalue weighted by Gasteiger charge is 2.54. The van der Waals surface area contributed by atoms with Gasteiger partial charge < -0.3 is 10.6 Å². The molecule has 2 aromatic carbocycles. The van der Waals surface area contributed by atoms with E-state index in [1.165, 1.54) is 0 Å². The fourth-order valence-corrected chi connectivity index (χ4v) is 4.84. The predicted octanol–water partition coefficient (Wildman–Crippen LogP) is 3.42. The molecule has 2 fully saturated rings. The Labute approximate surface area is 183 Å². The standard InChI is InChI=1S/C25H29N3O3/c1-17-10-9-15-21(18(17)2)26-22(29)16-28-23(30)25(27-24(28)31,19-11-5-3-6-12-19)20-13-7-4-8-14-20/h3-8,11-14,17-18,21H,9-10,15-16H2,1-2H3,(H,26,29)(H,27,31)/t17-,18+,21+/m1/s1. The van der Waals surface area contributed by atoms with E-state index in [0.717, 1.165) is 24.2 Å². The van der Waals surface area contributed by atoms with Crippen molar-refractivity contribution in [3.8, 4) is 0 Å². The summed E-state index contributed by atoms with van der Waals surface area (Å²) in [5.41, 5.74) is -0.0126. The summed E-state index contributed by atoms with van der Waals surface area (Å²) < 4.78 is 0. The van der Waals surface area contributed by atoms with Crippen molar-refractivity contribution in [2.24, 2.45) is 11.8 Å². The van der Waals surface area contributed by atoms with E-state index in [4.69, 9.17) is 0 Å². The highest BCUT2D eigenvalue weighted by atomic mass is 16.2. The Morgan fingerprint density at radius 3 is 2.16 bits per heavy atom. The molecule has 162 valence electrons. The Bertz CT molecular complexity index is 921. The molecule has 31 heavy (non-hydrogen) atoms. The van der Waals surface area contributed by atoms with E-state index in [9.17, 15) is 14.4 Å². The molecule has 4 amide bonds. The van der Waals surface area contributed by atoms with Crippen LogP contribution in [0.1, 0.15) is 44.2 Å². The van der Waals surface area contributed by atoms with E-state index < -0.39 is 17.5 Å². The van der Waals surface area contributed by atoms with Crippen LogP contribution in [0, 0.1) is 11.8 Å². The summed E-state index contributed by atoms with van der Waals surface area (Å²) in [4.78, 5) is 40.4. The summed E-state index contributed by atoms with van der Waals surface area (Å²) >= 11 is 0. The zero-order chi connectivity index (χ0) is 22.0. The van der Waals surface area contributed by atoms with Gasteiger partial charge in [-0.2, -0.15) is 0 Å². The summed E-state index contributed by atoms with van der Waals surface area (Å²) in [6.45, 7) is 4.07. The highest BCUT2D eigenvalue weighted by molar-refractivity contribution is 6.11. The van der Waals surface area contributed by atoms with Crippen LogP contribution < -0.4 is 10.6 Å². The summed E-state index contributed by atoms with van der Waals surface area (Å²) in [6.07, 6.45) is 3.16. The number of benzene rings is 2. The molecule has 2 aliphatic rings. The van der Waals surface area contributed by atoms with Crippen molar-refractivity contribution in [2.45, 2.75) is 44.7 Å². The van der Waals surface area contributed by atoms with Crippen LogP contribution in [0.2, 0.25) is 0 Å². The average molecular weight is 420 g/mol. The van der Waals surface area contributed by atoms with E-state index in [-0.39, 0.29) is 18.5 Å². The molecule has 0 radical (unpaired) electrons. The van der Waals surface area contributed by atoms with Crippen LogP contribution in [0.3, 0.4) is 0 Å². The van der Waals surface area contributed by atoms with E-state index >= 15 is 0 Å². The smallest absolute Gasteiger partial charge is 0.326 e. The van der Waals surface area contributed by atoms with Crippen molar-refractivity contribution in [1.29, 1.82) is 0 Å². The molecule has 6 heteroatoms. The molecule has 0 unspecified atom stereocenters. The minimum atomic E-state index is -1.34. The first-order chi connectivity index (χ1) is 14.9. The summed E-state index contributed by atoms with van der Waals surface area (Å²) in [5, 5.41) is 5.94. The van der Waals surface area contributed by atoms with Crippen LogP contribution in [0.15, 0.2) is 60.7 Å². The van der Waals surface area contributed by atoms with E-state index in [2.05, 4.69) is 24.5 Å². The Hall–Kier alpha value is -3.15. The largest absolute Gasteiger partial charge is 0.352 e. The van der Waals surface area contributed by atoms with Gasteiger partial charge in [0, 0.05) is 6.04 Å². The van der Waals surface area contributed by atoms with Gasteiger partial charge in [-0.15, -0.1) is 0 Å². The van der Waals surface area contributed by atoms with Crippen LogP contribution in [0.25, 0.3) is 0 Å². The second-order valence-corrected chi connectivity index (χ2v) is 8.74. The van der Waals surface area contributed by atoms with Crippen molar-refractivity contribution in [3.63, 3.8) is 0 Å². The SMILES string of the molecule is C[C@H]1[C@H](C)CCC[C@@H]1NC(=O)CN1C(=O)NC(c2ccccc2)(c2ccccc2)C1=O. The van der Waals surface area contributed by atoms with Gasteiger partial charge in [0.2, 0.25) is 5.91 Å². The molecule has 0 bridgehead atoms. The van der Waals surface area contributed by atoms with Crippen molar-refractivity contribution in [1.82, 2.24) is 15.5 Å². The van der Waals surface area contributed by atoms with Crippen LogP contribution in [-0.2, 0) is 15.1 Å². The number of hydrogen-bond acceptors (Lipinski definition) is 3. The number of rotatable bonds is 5. The molecule has 1 saturated carbocycles. The van der Waals surface area contributed by atoms with Crippen molar-refractivity contribution in [3.05, 3.63) is 71.8 Å². The molecule has 3 atom stereocenters. The van der Waals surface area contributed by atoms with Crippen molar-refractivity contribution in [2.75, 3.05) is 6.54 Å². The van der Waals surface area contributed by atoms with Crippen LogP contribution in [0.5, 0.6) is 0 Å². The first kappa shape index (κ1) is 21.1. The molecule has 4 rings (SSSR count). The number of nitrogens with one attached hydrogen (secondary N) is 2. The molecule has 0 spiro atoms. The summed E-state index contributed by atoms with van der Waals surface area (Å²) in [6, 6.07) is 17.9. The van der Waals surface area contributed by atoms with E-state index in [0.29, 0.717) is 23.0 Å². The quantitative estimate of drug-likeness (QED) is 0.729. The molecule has 1 aliphatic heterocycles. The van der Waals surface area contributed by atoms with Gasteiger partial charge in [-0.1, -0.05) is 87.4 Å². The fourth-order valence-electron chi connectivity index (χ4n) is 4.84. The van der Waals surface area contributed by atoms with Gasteiger partial charge in [-0.25, -0.2) is 4.79 Å². The van der Waals surface area contributed by atoms with Gasteiger partial charge in [0.05, 0.1) is 0 Å². The van der Waals surface area contributed by atoms with Gasteiger partial charge in [-0.3, -0.25) is 14.5 Å². The van der Waals surface area contributed by atoms with Gasteiger partial charge in [0.25, 0.3) is 5.91 Å². The lowest BCUT2D eigenvalue weighted by Gasteiger charge is -2.34. The predicted molar refractivity (Wildman–Crippen MR) is 118 cm³/mol. The Morgan fingerprint density at radius 1 is 1.00 bits per heavy atom. The molecular formula is C25H29N3O3. The molecule has 6 nitrogen and oxygen atoms in total. The lowest BCUT2D eigenvalue weighted by Crippen LogP contribution is -2.49. The Balaban J connectivity index is 1.59. The second kappa shape index (κ2) is 8.53. The molecule has 1 heterocycles. The lowest BCUT2D eigenvalue weighted by atomic mass is 9.78. The topological polar surface area (TPSA) is 78.5 Å². The maximum absolute atomic E-state index is 13.6. The zero-order valence-corrected chi connectivity index (χ0v) is 18.0. The highest BCUT2D eigenvalue weighted by Crippen LogP contribution is 2.36. The summed E-state index contributed by atoms with van der Waals surface area (Å²) in [7, 11) is 0. The zero-order valence-electron chi connectivity index (χ0n) is 18.0. The maximum Gasteiger partial charge on any atom is 0.326 e. The molecule has 2 aromatic rings. The number of hydrogen-bond donors (Lipinski definition) is 2. The second-order valence-electron chi connectivity index (χ2n) is 8.74. The van der Waals surface area contributed by atoms with E-state index in [1.807, 2.05) is 60.7 Å². The van der Waals surface area contributed by atoms with E-state index in [1.54, 1.807) is 0 Å². The number of urea groups is 1. The minimum Gasteiger partial charge on any atom is -0.352 e. The third-order valence-corrected chi connectivity index (χ3v) is 6.87. The van der Waals surface area contributed by atoms with Crippen LogP contribution in [-0.4, -0.2) is 35.3 Å². The Kier molecular flexibility index (Phi) is 5.81. The van der Waals surface area contributed by atoms with Crippen molar-refractivity contribution < 1.29 is 14.4 Å². The number of nitrogens with zero attached hydrogens (tertiary/aromatic N) is 1. The molecule has 2 N–H and O–H groups in total. The molecule has 0 aromatic heterocycles. The minimum absolute atomic E-state index is 0.0741. The van der Waals surface area contributed by atoms with Gasteiger partial charge in [-0.05, 0) is 29.4 Å². The third kappa shape index (κ3) is 3.82. The normalized spacial score (nSPS) is 25.2. The number of carbonyl (C=O) groups excluding carboxylic acids is 3. The maximum atomic E-state index is 13.6. The fraction of sp³-hybridized carbons (Fsp3) is 0.400. The Morgan fingerprint density at radius 2 is 1.58 bits per heavy atom. The van der Waals surface area contributed by atoms with Crippen LogP contribution >= 0.6 is 0 Å². The molecule has 1 saturated heterocycles. The van der Waals surface area contributed by atoms with Gasteiger partial charge in [0.15, 0.2) is 5.54 Å². The number of imide groups is 1. The average Bonchev–Trinajstić information content (AvgIpc) is 3.04. The third-order valence-electron chi connectivity index (χ3n) is 6.87. The molecular weight excluding hydrogens is 390 g/mol. The molecule has 1 aliphatic carbocycles. The van der Waals surface area contributed by atoms with Gasteiger partial charge in [0.1, 0.15) is 6.54 Å². The first-order valence-corrected chi connectivity index (χ1v) is 11.0. The summed E-state index contributed by atoms with van der Waals surface area (Å²) in [5.74, 6) is 0.176. The van der Waals surface area contributed by atoms with Crippen LogP contribution in [0.4, 0.5) is 4.79 Å². The van der Waals surface area contributed by atoms with Gasteiger partial charge >= 0.3 is 6.03 Å². The van der Waals surface area contributed by atoms with Crippen molar-refractivity contribution >= 4 is 17.8 Å². The first-order valence-electron chi connectivity index (χ1n) is 11.0. The number of carbonyl (C=O) groups is 3.